The van der Waals surface area contributed by atoms with Crippen LogP contribution in [0.15, 0.2) is 42.5 Å². The van der Waals surface area contributed by atoms with Crippen molar-refractivity contribution < 1.29 is 4.84 Å². The van der Waals surface area contributed by atoms with Crippen molar-refractivity contribution in [2.24, 2.45) is 0 Å². The SMILES string of the molecule is CONc1ccc2ccccc2c1. The number of hydrogen-bond donors (Lipinski definition) is 1. The summed E-state index contributed by atoms with van der Waals surface area (Å²) < 4.78 is 0. The monoisotopic (exact) mass is 173 g/mol. The van der Waals surface area contributed by atoms with Gasteiger partial charge in [0.15, 0.2) is 0 Å². The molecule has 2 heteroatoms. The molecule has 0 radical (unpaired) electrons. The molecule has 0 saturated heterocycles. The topological polar surface area (TPSA) is 21.3 Å². The van der Waals surface area contributed by atoms with Crippen LogP contribution in [0.25, 0.3) is 10.8 Å². The molecule has 0 unspecified atom stereocenters. The van der Waals surface area contributed by atoms with Crippen LogP contribution >= 0.6 is 0 Å². The Morgan fingerprint density at radius 3 is 2.54 bits per heavy atom. The highest BCUT2D eigenvalue weighted by atomic mass is 16.6. The molecule has 2 rings (SSSR count). The summed E-state index contributed by atoms with van der Waals surface area (Å²) in [4.78, 5) is 4.83. The minimum atomic E-state index is 0.973. The van der Waals surface area contributed by atoms with E-state index in [1.807, 2.05) is 18.2 Å². The minimum absolute atomic E-state index is 0.973. The van der Waals surface area contributed by atoms with E-state index >= 15 is 0 Å². The normalized spacial score (nSPS) is 10.2. The maximum absolute atomic E-state index is 4.83. The predicted molar refractivity (Wildman–Crippen MR) is 54.6 cm³/mol. The first kappa shape index (κ1) is 8.08. The number of nitrogens with one attached hydrogen (secondary N) is 1. The molecule has 0 spiro atoms. The summed E-state index contributed by atoms with van der Waals surface area (Å²) in [7, 11) is 1.61. The van der Waals surface area contributed by atoms with Crippen molar-refractivity contribution in [2.45, 2.75) is 0 Å². The second-order valence-corrected chi connectivity index (χ2v) is 2.87. The van der Waals surface area contributed by atoms with Crippen LogP contribution in [0, 0.1) is 0 Å². The van der Waals surface area contributed by atoms with Crippen LogP contribution in [0.2, 0.25) is 0 Å². The van der Waals surface area contributed by atoms with Crippen LogP contribution in [0.4, 0.5) is 5.69 Å². The Balaban J connectivity index is 2.49. The number of rotatable bonds is 2. The third-order valence-corrected chi connectivity index (χ3v) is 1.97. The van der Waals surface area contributed by atoms with Crippen molar-refractivity contribution in [1.29, 1.82) is 0 Å². The van der Waals surface area contributed by atoms with E-state index in [1.165, 1.54) is 10.8 Å². The molecule has 2 aromatic rings. The van der Waals surface area contributed by atoms with Gasteiger partial charge in [-0.25, -0.2) is 0 Å². The van der Waals surface area contributed by atoms with E-state index < -0.39 is 0 Å². The quantitative estimate of drug-likeness (QED) is 0.705. The molecule has 0 heterocycles. The molecule has 0 aliphatic carbocycles. The molecule has 0 aliphatic rings. The largest absolute Gasteiger partial charge is 0.279 e. The van der Waals surface area contributed by atoms with Crippen molar-refractivity contribution in [1.82, 2.24) is 0 Å². The highest BCUT2D eigenvalue weighted by Gasteiger charge is 1.93. The molecule has 1 N–H and O–H groups in total. The zero-order valence-electron chi connectivity index (χ0n) is 7.45. The molecule has 13 heavy (non-hydrogen) atoms. The average Bonchev–Trinajstić information content (AvgIpc) is 2.18. The van der Waals surface area contributed by atoms with Crippen LogP contribution in [0.5, 0.6) is 0 Å². The molecular weight excluding hydrogens is 162 g/mol. The lowest BCUT2D eigenvalue weighted by molar-refractivity contribution is 0.271. The van der Waals surface area contributed by atoms with Crippen molar-refractivity contribution in [3.63, 3.8) is 0 Å². The van der Waals surface area contributed by atoms with Crippen molar-refractivity contribution in [2.75, 3.05) is 12.6 Å². The molecule has 2 aromatic carbocycles. The Kier molecular flexibility index (Phi) is 2.15. The van der Waals surface area contributed by atoms with Gasteiger partial charge in [0.25, 0.3) is 0 Å². The number of anilines is 1. The Morgan fingerprint density at radius 1 is 1.00 bits per heavy atom. The van der Waals surface area contributed by atoms with Gasteiger partial charge < -0.3 is 0 Å². The third-order valence-electron chi connectivity index (χ3n) is 1.97. The van der Waals surface area contributed by atoms with E-state index in [0.29, 0.717) is 0 Å². The lowest BCUT2D eigenvalue weighted by atomic mass is 10.1. The predicted octanol–water partition coefficient (Wildman–Crippen LogP) is 2.81. The molecular formula is C11H11NO. The molecule has 0 aromatic heterocycles. The third kappa shape index (κ3) is 1.63. The summed E-state index contributed by atoms with van der Waals surface area (Å²) in [6, 6.07) is 14.3. The van der Waals surface area contributed by atoms with Gasteiger partial charge in [0.2, 0.25) is 0 Å². The highest BCUT2D eigenvalue weighted by Crippen LogP contribution is 2.18. The first-order valence-corrected chi connectivity index (χ1v) is 4.18. The molecule has 2 nitrogen and oxygen atoms in total. The van der Waals surface area contributed by atoms with E-state index in [1.54, 1.807) is 7.11 Å². The van der Waals surface area contributed by atoms with Crippen LogP contribution in [-0.4, -0.2) is 7.11 Å². The summed E-state index contributed by atoms with van der Waals surface area (Å²) in [6.45, 7) is 0. The lowest BCUT2D eigenvalue weighted by Crippen LogP contribution is -1.94. The van der Waals surface area contributed by atoms with Gasteiger partial charge in [-0.1, -0.05) is 30.3 Å². The zero-order chi connectivity index (χ0) is 9.10. The summed E-state index contributed by atoms with van der Waals surface area (Å²) in [6.07, 6.45) is 0. The van der Waals surface area contributed by atoms with Gasteiger partial charge in [-0.3, -0.25) is 10.3 Å². The van der Waals surface area contributed by atoms with E-state index in [2.05, 4.69) is 29.7 Å². The van der Waals surface area contributed by atoms with E-state index in [-0.39, 0.29) is 0 Å². The van der Waals surface area contributed by atoms with Gasteiger partial charge in [0, 0.05) is 0 Å². The van der Waals surface area contributed by atoms with Crippen molar-refractivity contribution in [3.8, 4) is 0 Å². The van der Waals surface area contributed by atoms with Crippen LogP contribution in [0.3, 0.4) is 0 Å². The summed E-state index contributed by atoms with van der Waals surface area (Å²) in [5.74, 6) is 0. The molecule has 0 fully saturated rings. The fourth-order valence-electron chi connectivity index (χ4n) is 1.37. The molecule has 0 bridgehead atoms. The second-order valence-electron chi connectivity index (χ2n) is 2.87. The Hall–Kier alpha value is -1.54. The van der Waals surface area contributed by atoms with Gasteiger partial charge in [-0.05, 0) is 22.9 Å². The molecule has 0 atom stereocenters. The van der Waals surface area contributed by atoms with Gasteiger partial charge in [0.1, 0.15) is 0 Å². The second kappa shape index (κ2) is 3.46. The Bertz CT molecular complexity index is 412. The van der Waals surface area contributed by atoms with Crippen molar-refractivity contribution in [3.05, 3.63) is 42.5 Å². The molecule has 0 saturated carbocycles. The van der Waals surface area contributed by atoms with E-state index in [9.17, 15) is 0 Å². The van der Waals surface area contributed by atoms with E-state index in [0.717, 1.165) is 5.69 Å². The minimum Gasteiger partial charge on any atom is -0.279 e. The standard InChI is InChI=1S/C11H11NO/c1-13-12-11-7-6-9-4-2-3-5-10(9)8-11/h2-8,12H,1H3. The van der Waals surface area contributed by atoms with Crippen LogP contribution < -0.4 is 5.48 Å². The van der Waals surface area contributed by atoms with Gasteiger partial charge in [-0.2, -0.15) is 0 Å². The maximum atomic E-state index is 4.83. The highest BCUT2D eigenvalue weighted by molar-refractivity contribution is 5.85. The summed E-state index contributed by atoms with van der Waals surface area (Å²) in [5, 5.41) is 2.45. The maximum Gasteiger partial charge on any atom is 0.0636 e. The lowest BCUT2D eigenvalue weighted by Gasteiger charge is -2.03. The molecule has 0 aliphatic heterocycles. The summed E-state index contributed by atoms with van der Waals surface area (Å²) >= 11 is 0. The van der Waals surface area contributed by atoms with Gasteiger partial charge in [-0.15, -0.1) is 0 Å². The van der Waals surface area contributed by atoms with Gasteiger partial charge >= 0.3 is 0 Å². The smallest absolute Gasteiger partial charge is 0.0636 e. The van der Waals surface area contributed by atoms with E-state index in [4.69, 9.17) is 4.84 Å². The van der Waals surface area contributed by atoms with Crippen molar-refractivity contribution >= 4 is 16.5 Å². The van der Waals surface area contributed by atoms with Crippen LogP contribution in [-0.2, 0) is 4.84 Å². The Morgan fingerprint density at radius 2 is 1.77 bits per heavy atom. The number of hydrogen-bond acceptors (Lipinski definition) is 2. The fraction of sp³-hybridized carbons (Fsp3) is 0.0909. The van der Waals surface area contributed by atoms with Gasteiger partial charge in [0.05, 0.1) is 12.8 Å². The molecule has 66 valence electrons. The average molecular weight is 173 g/mol. The van der Waals surface area contributed by atoms with Crippen LogP contribution in [0.1, 0.15) is 0 Å². The first-order chi connectivity index (χ1) is 6.40. The number of benzene rings is 2. The summed E-state index contributed by atoms with van der Waals surface area (Å²) in [5.41, 5.74) is 3.77. The zero-order valence-corrected chi connectivity index (χ0v) is 7.45. The number of fused-ring (bicyclic) bond motifs is 1. The Labute approximate surface area is 77.1 Å². The first-order valence-electron chi connectivity index (χ1n) is 4.18. The molecule has 0 amide bonds. The fourth-order valence-corrected chi connectivity index (χ4v) is 1.37.